The van der Waals surface area contributed by atoms with Gasteiger partial charge in [0.15, 0.2) is 9.84 Å². The summed E-state index contributed by atoms with van der Waals surface area (Å²) < 4.78 is 23.2. The summed E-state index contributed by atoms with van der Waals surface area (Å²) in [5, 5.41) is 0. The Bertz CT molecular complexity index is 962. The number of rotatable bonds is 5. The fourth-order valence-corrected chi connectivity index (χ4v) is 5.05. The largest absolute Gasteiger partial charge is 0.334 e. The van der Waals surface area contributed by atoms with Gasteiger partial charge in [0.1, 0.15) is 0 Å². The maximum absolute atomic E-state index is 13.1. The van der Waals surface area contributed by atoms with Gasteiger partial charge < -0.3 is 9.80 Å². The number of hydrogen-bond acceptors (Lipinski definition) is 4. The summed E-state index contributed by atoms with van der Waals surface area (Å²) in [5.74, 6) is 0.116. The fourth-order valence-electron chi connectivity index (χ4n) is 4.42. The molecule has 0 N–H and O–H groups in total. The fraction of sp³-hybridized carbons (Fsp3) is 0.435. The summed E-state index contributed by atoms with van der Waals surface area (Å²) in [6, 6.07) is 14.8. The number of sulfone groups is 1. The molecule has 2 fully saturated rings. The number of carbonyl (C=O) groups excluding carboxylic acids is 1. The van der Waals surface area contributed by atoms with Crippen LogP contribution in [0.2, 0.25) is 0 Å². The van der Waals surface area contributed by atoms with Crippen LogP contribution >= 0.6 is 0 Å². The molecule has 6 heteroatoms. The van der Waals surface area contributed by atoms with Gasteiger partial charge in [-0.2, -0.15) is 0 Å². The van der Waals surface area contributed by atoms with E-state index in [0.717, 1.165) is 55.7 Å². The average Bonchev–Trinajstić information content (AvgIpc) is 3.39. The Labute approximate surface area is 173 Å². The molecule has 2 aliphatic heterocycles. The van der Waals surface area contributed by atoms with Gasteiger partial charge in [-0.15, -0.1) is 0 Å². The van der Waals surface area contributed by atoms with Crippen molar-refractivity contribution in [3.05, 3.63) is 54.1 Å². The predicted molar refractivity (Wildman–Crippen MR) is 115 cm³/mol. The second-order valence-corrected chi connectivity index (χ2v) is 10.2. The van der Waals surface area contributed by atoms with Crippen LogP contribution in [-0.2, 0) is 9.84 Å². The number of amides is 1. The van der Waals surface area contributed by atoms with Crippen molar-refractivity contribution in [2.45, 2.75) is 36.6 Å². The lowest BCUT2D eigenvalue weighted by Crippen LogP contribution is -2.42. The van der Waals surface area contributed by atoms with Gasteiger partial charge in [-0.05, 0) is 74.2 Å². The number of carbonyl (C=O) groups is 1. The van der Waals surface area contributed by atoms with Crippen molar-refractivity contribution < 1.29 is 13.2 Å². The second kappa shape index (κ2) is 8.28. The Hall–Kier alpha value is -2.18. The molecule has 0 spiro atoms. The van der Waals surface area contributed by atoms with E-state index in [1.54, 1.807) is 24.3 Å². The van der Waals surface area contributed by atoms with E-state index in [9.17, 15) is 13.2 Å². The van der Waals surface area contributed by atoms with Crippen LogP contribution in [0.5, 0.6) is 0 Å². The lowest BCUT2D eigenvalue weighted by molar-refractivity contribution is 0.0709. The first-order valence-corrected chi connectivity index (χ1v) is 12.2. The van der Waals surface area contributed by atoms with Crippen molar-refractivity contribution in [3.8, 4) is 11.1 Å². The summed E-state index contributed by atoms with van der Waals surface area (Å²) in [6.45, 7) is 4.15. The van der Waals surface area contributed by atoms with Crippen LogP contribution in [0.3, 0.4) is 0 Å². The molecule has 2 saturated heterocycles. The first kappa shape index (κ1) is 20.1. The van der Waals surface area contributed by atoms with Crippen LogP contribution in [-0.4, -0.2) is 62.6 Å². The Morgan fingerprint density at radius 2 is 1.48 bits per heavy atom. The van der Waals surface area contributed by atoms with E-state index in [1.165, 1.54) is 19.1 Å². The van der Waals surface area contributed by atoms with Gasteiger partial charge >= 0.3 is 0 Å². The molecule has 2 aliphatic rings. The van der Waals surface area contributed by atoms with E-state index < -0.39 is 9.84 Å². The highest BCUT2D eigenvalue weighted by molar-refractivity contribution is 7.90. The zero-order valence-electron chi connectivity index (χ0n) is 16.9. The topological polar surface area (TPSA) is 57.7 Å². The second-order valence-electron chi connectivity index (χ2n) is 8.18. The van der Waals surface area contributed by atoms with Gasteiger partial charge in [-0.3, -0.25) is 4.79 Å². The van der Waals surface area contributed by atoms with Gasteiger partial charge in [0, 0.05) is 31.0 Å². The molecule has 29 heavy (non-hydrogen) atoms. The molecule has 0 bridgehead atoms. The summed E-state index contributed by atoms with van der Waals surface area (Å²) >= 11 is 0. The van der Waals surface area contributed by atoms with E-state index >= 15 is 0 Å². The molecule has 2 aromatic rings. The van der Waals surface area contributed by atoms with Crippen molar-refractivity contribution in [3.63, 3.8) is 0 Å². The van der Waals surface area contributed by atoms with Gasteiger partial charge in [0.25, 0.3) is 5.91 Å². The Morgan fingerprint density at radius 3 is 2.07 bits per heavy atom. The summed E-state index contributed by atoms with van der Waals surface area (Å²) in [6.07, 6.45) is 5.92. The molecule has 0 unspecified atom stereocenters. The lowest BCUT2D eigenvalue weighted by atomic mass is 10.0. The van der Waals surface area contributed by atoms with Crippen molar-refractivity contribution in [1.82, 2.24) is 9.80 Å². The molecule has 5 nitrogen and oxygen atoms in total. The van der Waals surface area contributed by atoms with Gasteiger partial charge in [0.05, 0.1) is 4.90 Å². The SMILES string of the molecule is CS(=O)(=O)c1ccc(-c2ccc(C(=O)N3CCC[C@H]3CN3CCCC3)cc2)cc1. The predicted octanol–water partition coefficient (Wildman–Crippen LogP) is 3.46. The van der Waals surface area contributed by atoms with Crippen molar-refractivity contribution in [2.75, 3.05) is 32.4 Å². The van der Waals surface area contributed by atoms with Crippen molar-refractivity contribution in [1.29, 1.82) is 0 Å². The summed E-state index contributed by atoms with van der Waals surface area (Å²) in [7, 11) is -3.20. The van der Waals surface area contributed by atoms with Crippen LogP contribution in [0.1, 0.15) is 36.0 Å². The maximum atomic E-state index is 13.1. The molecule has 2 aromatic carbocycles. The molecule has 1 atom stereocenters. The lowest BCUT2D eigenvalue weighted by Gasteiger charge is -2.28. The highest BCUT2D eigenvalue weighted by Gasteiger charge is 2.31. The van der Waals surface area contributed by atoms with E-state index in [4.69, 9.17) is 0 Å². The highest BCUT2D eigenvalue weighted by Crippen LogP contribution is 2.25. The molecule has 0 saturated carbocycles. The van der Waals surface area contributed by atoms with Gasteiger partial charge in [0.2, 0.25) is 0 Å². The number of likely N-dealkylation sites (tertiary alicyclic amines) is 2. The minimum absolute atomic E-state index is 0.116. The Morgan fingerprint density at radius 1 is 0.897 bits per heavy atom. The monoisotopic (exact) mass is 412 g/mol. The first-order valence-electron chi connectivity index (χ1n) is 10.4. The van der Waals surface area contributed by atoms with Crippen molar-refractivity contribution >= 4 is 15.7 Å². The standard InChI is InChI=1S/C23H28N2O3S/c1-29(27,28)22-12-10-19(11-13-22)18-6-8-20(9-7-18)23(26)25-16-4-5-21(25)17-24-14-2-3-15-24/h6-13,21H,2-5,14-17H2,1H3/t21-/m0/s1. The third-order valence-corrected chi connectivity index (χ3v) is 7.18. The highest BCUT2D eigenvalue weighted by atomic mass is 32.2. The van der Waals surface area contributed by atoms with Crippen molar-refractivity contribution in [2.24, 2.45) is 0 Å². The third kappa shape index (κ3) is 4.54. The maximum Gasteiger partial charge on any atom is 0.254 e. The summed E-state index contributed by atoms with van der Waals surface area (Å²) in [5.41, 5.74) is 2.62. The molecule has 154 valence electrons. The molecule has 1 amide bonds. The smallest absolute Gasteiger partial charge is 0.254 e. The third-order valence-electron chi connectivity index (χ3n) is 6.05. The Balaban J connectivity index is 1.46. The Kier molecular flexibility index (Phi) is 5.74. The zero-order chi connectivity index (χ0) is 20.4. The molecular weight excluding hydrogens is 384 g/mol. The summed E-state index contributed by atoms with van der Waals surface area (Å²) in [4.78, 5) is 17.9. The number of benzene rings is 2. The normalized spacial score (nSPS) is 20.3. The molecule has 4 rings (SSSR count). The minimum atomic E-state index is -3.20. The van der Waals surface area contributed by atoms with Crippen LogP contribution in [0.4, 0.5) is 0 Å². The zero-order valence-corrected chi connectivity index (χ0v) is 17.7. The quantitative estimate of drug-likeness (QED) is 0.755. The minimum Gasteiger partial charge on any atom is -0.334 e. The van der Waals surface area contributed by atoms with Gasteiger partial charge in [-0.25, -0.2) is 8.42 Å². The van der Waals surface area contributed by atoms with Gasteiger partial charge in [-0.1, -0.05) is 24.3 Å². The van der Waals surface area contributed by atoms with Crippen LogP contribution in [0.15, 0.2) is 53.4 Å². The molecular formula is C23H28N2O3S. The van der Waals surface area contributed by atoms with Crippen LogP contribution in [0, 0.1) is 0 Å². The molecule has 2 heterocycles. The number of nitrogens with zero attached hydrogens (tertiary/aromatic N) is 2. The van der Waals surface area contributed by atoms with Crippen LogP contribution < -0.4 is 0 Å². The van der Waals surface area contributed by atoms with E-state index in [2.05, 4.69) is 4.90 Å². The first-order chi connectivity index (χ1) is 13.9. The van der Waals surface area contributed by atoms with E-state index in [1.807, 2.05) is 29.2 Å². The molecule has 0 aromatic heterocycles. The van der Waals surface area contributed by atoms with E-state index in [-0.39, 0.29) is 5.91 Å². The van der Waals surface area contributed by atoms with E-state index in [0.29, 0.717) is 10.9 Å². The number of hydrogen-bond donors (Lipinski definition) is 0. The molecule has 0 radical (unpaired) electrons. The van der Waals surface area contributed by atoms with Crippen LogP contribution in [0.25, 0.3) is 11.1 Å². The molecule has 0 aliphatic carbocycles. The average molecular weight is 413 g/mol.